The Bertz CT molecular complexity index is 2050. The van der Waals surface area contributed by atoms with Gasteiger partial charge in [0.2, 0.25) is 5.91 Å². The highest BCUT2D eigenvalue weighted by Gasteiger charge is 2.16. The first-order chi connectivity index (χ1) is 22.5. The topological polar surface area (TPSA) is 113 Å². The van der Waals surface area contributed by atoms with Gasteiger partial charge in [0.25, 0.3) is 11.8 Å². The molecule has 0 aliphatic carbocycles. The van der Waals surface area contributed by atoms with E-state index < -0.39 is 11.8 Å². The minimum Gasteiger partial charge on any atom is -0.321 e. The minimum atomic E-state index is -0.501. The summed E-state index contributed by atoms with van der Waals surface area (Å²) in [6.45, 7) is 0. The van der Waals surface area contributed by atoms with Crippen LogP contribution >= 0.6 is 23.1 Å². The Balaban J connectivity index is 1.07. The lowest BCUT2D eigenvalue weighted by Gasteiger charge is -2.12. The zero-order valence-electron chi connectivity index (χ0n) is 24.3. The largest absolute Gasteiger partial charge is 0.321 e. The molecular formula is C36H27N5O3S2. The van der Waals surface area contributed by atoms with Gasteiger partial charge in [0.05, 0.1) is 11.4 Å². The number of carbonyl (C=O) groups excluding carboxylic acids is 3. The number of aromatic nitrogens is 2. The average molecular weight is 642 g/mol. The predicted octanol–water partition coefficient (Wildman–Crippen LogP) is 7.50. The summed E-state index contributed by atoms with van der Waals surface area (Å²) in [5.74, 6) is -0.948. The number of thiazole rings is 1. The van der Waals surface area contributed by atoms with Crippen molar-refractivity contribution in [1.82, 2.24) is 15.3 Å². The van der Waals surface area contributed by atoms with Crippen LogP contribution in [-0.2, 0) is 9.59 Å². The van der Waals surface area contributed by atoms with Crippen LogP contribution < -0.4 is 16.0 Å². The van der Waals surface area contributed by atoms with Crippen LogP contribution in [0.2, 0.25) is 0 Å². The normalized spacial score (nSPS) is 11.2. The number of nitrogens with one attached hydrogen (secondary N) is 3. The number of hydrogen-bond donors (Lipinski definition) is 3. The number of fused-ring (bicyclic) bond motifs is 1. The molecular weight excluding hydrogens is 615 g/mol. The highest BCUT2D eigenvalue weighted by Crippen LogP contribution is 2.28. The summed E-state index contributed by atoms with van der Waals surface area (Å²) in [7, 11) is 0. The summed E-state index contributed by atoms with van der Waals surface area (Å²) in [4.78, 5) is 48.5. The van der Waals surface area contributed by atoms with Gasteiger partial charge in [-0.1, -0.05) is 66.7 Å². The van der Waals surface area contributed by atoms with E-state index in [1.165, 1.54) is 23.1 Å². The second-order valence-corrected chi connectivity index (χ2v) is 12.0. The van der Waals surface area contributed by atoms with Crippen LogP contribution in [0.25, 0.3) is 28.1 Å². The van der Waals surface area contributed by atoms with E-state index in [0.29, 0.717) is 21.9 Å². The summed E-state index contributed by atoms with van der Waals surface area (Å²) in [6.07, 6.45) is 4.79. The molecule has 3 amide bonds. The first kappa shape index (κ1) is 30.4. The number of thioether (sulfide) groups is 1. The fourth-order valence-electron chi connectivity index (χ4n) is 4.55. The molecule has 0 saturated carbocycles. The fraction of sp³-hybridized carbons (Fsp3) is 0.0278. The van der Waals surface area contributed by atoms with E-state index in [2.05, 4.69) is 50.2 Å². The number of pyridine rings is 1. The number of benzene rings is 4. The van der Waals surface area contributed by atoms with Crippen molar-refractivity contribution in [3.63, 3.8) is 0 Å². The predicted molar refractivity (Wildman–Crippen MR) is 186 cm³/mol. The number of amides is 3. The second kappa shape index (κ2) is 14.5. The van der Waals surface area contributed by atoms with Crippen LogP contribution in [0.5, 0.6) is 0 Å². The summed E-state index contributed by atoms with van der Waals surface area (Å²) in [5, 5.41) is 13.2. The molecule has 0 saturated heterocycles. The van der Waals surface area contributed by atoms with Crippen molar-refractivity contribution in [2.24, 2.45) is 0 Å². The SMILES string of the molecule is O=C(CSc1cccc(NC(=O)/C(=C/c2cccnc2)NC(=O)c2ccccc2)c1)Nc1nc(-c2ccc3ccccc3c2)cs1. The van der Waals surface area contributed by atoms with Gasteiger partial charge in [-0.2, -0.15) is 0 Å². The maximum absolute atomic E-state index is 13.3. The third-order valence-electron chi connectivity index (χ3n) is 6.78. The average Bonchev–Trinajstić information content (AvgIpc) is 3.56. The molecule has 0 spiro atoms. The molecule has 3 N–H and O–H groups in total. The van der Waals surface area contributed by atoms with Crippen LogP contribution in [0.3, 0.4) is 0 Å². The molecule has 2 aromatic heterocycles. The van der Waals surface area contributed by atoms with Crippen LogP contribution in [0, 0.1) is 0 Å². The smallest absolute Gasteiger partial charge is 0.272 e. The van der Waals surface area contributed by atoms with Gasteiger partial charge < -0.3 is 16.0 Å². The van der Waals surface area contributed by atoms with Crippen LogP contribution in [0.1, 0.15) is 15.9 Å². The first-order valence-electron chi connectivity index (χ1n) is 14.3. The molecule has 6 aromatic rings. The van der Waals surface area contributed by atoms with Crippen molar-refractivity contribution >= 4 is 68.5 Å². The van der Waals surface area contributed by atoms with E-state index in [9.17, 15) is 14.4 Å². The molecule has 0 atom stereocenters. The standard InChI is InChI=1S/C36H27N5O3S2/c42-33(41-36-40-32(22-46-36)28-16-15-25-9-4-5-12-27(25)19-28)23-45-30-14-6-13-29(20-30)38-35(44)31(18-24-8-7-17-37-21-24)39-34(43)26-10-2-1-3-11-26/h1-22H,23H2,(H,38,44)(H,39,43)(H,40,41,42)/b31-18-. The molecule has 10 heteroatoms. The number of anilines is 2. The van der Waals surface area contributed by atoms with Gasteiger partial charge in [-0.05, 0) is 64.9 Å². The highest BCUT2D eigenvalue weighted by atomic mass is 32.2. The lowest BCUT2D eigenvalue weighted by atomic mass is 10.1. The van der Waals surface area contributed by atoms with E-state index in [-0.39, 0.29) is 17.4 Å². The number of hydrogen-bond acceptors (Lipinski definition) is 7. The number of carbonyl (C=O) groups is 3. The van der Waals surface area contributed by atoms with Crippen LogP contribution in [0.4, 0.5) is 10.8 Å². The third kappa shape index (κ3) is 7.92. The lowest BCUT2D eigenvalue weighted by Crippen LogP contribution is -2.30. The minimum absolute atomic E-state index is 0.0609. The van der Waals surface area contributed by atoms with E-state index in [1.807, 2.05) is 35.7 Å². The fourth-order valence-corrected chi connectivity index (χ4v) is 6.04. The van der Waals surface area contributed by atoms with E-state index >= 15 is 0 Å². The summed E-state index contributed by atoms with van der Waals surface area (Å²) in [6, 6.07) is 33.7. The van der Waals surface area contributed by atoms with Crippen molar-refractivity contribution in [2.75, 3.05) is 16.4 Å². The van der Waals surface area contributed by atoms with Crippen molar-refractivity contribution in [2.45, 2.75) is 4.90 Å². The monoisotopic (exact) mass is 641 g/mol. The molecule has 6 rings (SSSR count). The molecule has 4 aromatic carbocycles. The van der Waals surface area contributed by atoms with Crippen molar-refractivity contribution in [3.05, 3.63) is 144 Å². The van der Waals surface area contributed by atoms with Gasteiger partial charge in [-0.15, -0.1) is 23.1 Å². The Hall–Kier alpha value is -5.58. The van der Waals surface area contributed by atoms with Gasteiger partial charge in [0.15, 0.2) is 5.13 Å². The summed E-state index contributed by atoms with van der Waals surface area (Å²) >= 11 is 2.71. The van der Waals surface area contributed by atoms with Crippen LogP contribution in [0.15, 0.2) is 138 Å². The Morgan fingerprint density at radius 3 is 2.46 bits per heavy atom. The van der Waals surface area contributed by atoms with Gasteiger partial charge >= 0.3 is 0 Å². The third-order valence-corrected chi connectivity index (χ3v) is 8.53. The van der Waals surface area contributed by atoms with E-state index in [1.54, 1.807) is 73.1 Å². The maximum Gasteiger partial charge on any atom is 0.272 e. The zero-order valence-corrected chi connectivity index (χ0v) is 26.0. The first-order valence-corrected chi connectivity index (χ1v) is 16.1. The summed E-state index contributed by atoms with van der Waals surface area (Å²) in [5.41, 5.74) is 3.45. The molecule has 46 heavy (non-hydrogen) atoms. The summed E-state index contributed by atoms with van der Waals surface area (Å²) < 4.78 is 0. The number of nitrogens with zero attached hydrogens (tertiary/aromatic N) is 2. The van der Waals surface area contributed by atoms with E-state index in [4.69, 9.17) is 0 Å². The molecule has 0 bridgehead atoms. The molecule has 0 aliphatic rings. The second-order valence-electron chi connectivity index (χ2n) is 10.1. The zero-order chi connectivity index (χ0) is 31.7. The molecule has 2 heterocycles. The number of rotatable bonds is 10. The van der Waals surface area contributed by atoms with Gasteiger partial charge in [-0.3, -0.25) is 19.4 Å². The Labute approximate surface area is 273 Å². The maximum atomic E-state index is 13.3. The Morgan fingerprint density at radius 1 is 0.804 bits per heavy atom. The van der Waals surface area contributed by atoms with Crippen LogP contribution in [-0.4, -0.2) is 33.4 Å². The van der Waals surface area contributed by atoms with Crippen molar-refractivity contribution in [1.29, 1.82) is 0 Å². The highest BCUT2D eigenvalue weighted by molar-refractivity contribution is 8.00. The van der Waals surface area contributed by atoms with Crippen molar-refractivity contribution in [3.8, 4) is 11.3 Å². The van der Waals surface area contributed by atoms with Crippen molar-refractivity contribution < 1.29 is 14.4 Å². The molecule has 226 valence electrons. The molecule has 0 radical (unpaired) electrons. The van der Waals surface area contributed by atoms with E-state index in [0.717, 1.165) is 26.9 Å². The Morgan fingerprint density at radius 2 is 1.63 bits per heavy atom. The quantitative estimate of drug-likeness (QED) is 0.106. The van der Waals surface area contributed by atoms with Gasteiger partial charge in [-0.25, -0.2) is 4.98 Å². The lowest BCUT2D eigenvalue weighted by molar-refractivity contribution is -0.114. The Kier molecular flexibility index (Phi) is 9.58. The molecule has 0 aliphatic heterocycles. The molecule has 8 nitrogen and oxygen atoms in total. The molecule has 0 unspecified atom stereocenters. The van der Waals surface area contributed by atoms with Gasteiger partial charge in [0, 0.05) is 39.5 Å². The van der Waals surface area contributed by atoms with Gasteiger partial charge in [0.1, 0.15) is 5.70 Å². The molecule has 0 fully saturated rings.